The summed E-state index contributed by atoms with van der Waals surface area (Å²) >= 11 is 11.8. The van der Waals surface area contributed by atoms with E-state index < -0.39 is 0 Å². The van der Waals surface area contributed by atoms with Crippen molar-refractivity contribution in [1.82, 2.24) is 10.2 Å². The minimum atomic E-state index is -0.375. The molecule has 1 fully saturated rings. The molecule has 0 spiro atoms. The van der Waals surface area contributed by atoms with Crippen molar-refractivity contribution in [3.8, 4) is 0 Å². The van der Waals surface area contributed by atoms with Gasteiger partial charge in [0.2, 0.25) is 5.91 Å². The Morgan fingerprint density at radius 1 is 1.07 bits per heavy atom. The Labute approximate surface area is 180 Å². The topological polar surface area (TPSA) is 61.9 Å². The first-order valence-corrected chi connectivity index (χ1v) is 10.1. The fourth-order valence-corrected chi connectivity index (χ4v) is 3.32. The van der Waals surface area contributed by atoms with Crippen LogP contribution in [0, 0.1) is 0 Å². The Kier molecular flexibility index (Phi) is 7.36. The van der Waals surface area contributed by atoms with Crippen molar-refractivity contribution in [2.45, 2.75) is 6.54 Å². The predicted molar refractivity (Wildman–Crippen MR) is 115 cm³/mol. The Hall–Kier alpha value is -2.28. The van der Waals surface area contributed by atoms with E-state index in [0.29, 0.717) is 22.2 Å². The molecule has 2 aromatic carbocycles. The molecule has 2 amide bonds. The van der Waals surface area contributed by atoms with Gasteiger partial charge in [0.15, 0.2) is 0 Å². The molecule has 0 radical (unpaired) electrons. The minimum absolute atomic E-state index is 0.0958. The molecule has 0 aromatic heterocycles. The monoisotopic (exact) mass is 435 g/mol. The predicted octanol–water partition coefficient (Wildman–Crippen LogP) is 3.22. The number of morpholine rings is 1. The molecule has 2 aromatic rings. The summed E-state index contributed by atoms with van der Waals surface area (Å²) in [6, 6.07) is 12.7. The quantitative estimate of drug-likeness (QED) is 0.756. The Bertz CT molecular complexity index is 868. The number of amides is 2. The van der Waals surface area contributed by atoms with Crippen molar-refractivity contribution in [2.75, 3.05) is 44.8 Å². The SMILES string of the molecule is CN(Cc1ccc(N2CCOCC2)cc1)C(=O)CNC(=O)c1ccc(Cl)c(Cl)c1. The first-order valence-electron chi connectivity index (χ1n) is 9.33. The summed E-state index contributed by atoms with van der Waals surface area (Å²) in [7, 11) is 1.71. The van der Waals surface area contributed by atoms with Crippen molar-refractivity contribution in [1.29, 1.82) is 0 Å². The van der Waals surface area contributed by atoms with Gasteiger partial charge in [-0.25, -0.2) is 0 Å². The fraction of sp³-hybridized carbons (Fsp3) is 0.333. The molecule has 1 aliphatic rings. The summed E-state index contributed by atoms with van der Waals surface area (Å²) in [6.45, 7) is 3.62. The number of likely N-dealkylation sites (N-methyl/N-ethyl adjacent to an activating group) is 1. The van der Waals surface area contributed by atoms with Gasteiger partial charge in [-0.1, -0.05) is 35.3 Å². The maximum Gasteiger partial charge on any atom is 0.251 e. The van der Waals surface area contributed by atoms with Gasteiger partial charge in [-0.2, -0.15) is 0 Å². The molecule has 0 bridgehead atoms. The van der Waals surface area contributed by atoms with Gasteiger partial charge in [0.25, 0.3) is 5.91 Å². The number of anilines is 1. The highest BCUT2D eigenvalue weighted by Gasteiger charge is 2.14. The Morgan fingerprint density at radius 2 is 1.76 bits per heavy atom. The third-order valence-corrected chi connectivity index (χ3v) is 5.48. The van der Waals surface area contributed by atoms with E-state index in [4.69, 9.17) is 27.9 Å². The van der Waals surface area contributed by atoms with E-state index in [9.17, 15) is 9.59 Å². The molecule has 0 aliphatic carbocycles. The Morgan fingerprint density at radius 3 is 2.41 bits per heavy atom. The molecule has 1 heterocycles. The van der Waals surface area contributed by atoms with Crippen LogP contribution in [-0.4, -0.2) is 56.6 Å². The number of nitrogens with one attached hydrogen (secondary N) is 1. The number of carbonyl (C=O) groups excluding carboxylic acids is 2. The van der Waals surface area contributed by atoms with Gasteiger partial charge in [0.1, 0.15) is 0 Å². The highest BCUT2D eigenvalue weighted by atomic mass is 35.5. The molecule has 0 atom stereocenters. The van der Waals surface area contributed by atoms with E-state index in [2.05, 4.69) is 22.3 Å². The number of hydrogen-bond donors (Lipinski definition) is 1. The van der Waals surface area contributed by atoms with E-state index in [1.165, 1.54) is 6.07 Å². The van der Waals surface area contributed by atoms with E-state index in [1.54, 1.807) is 24.1 Å². The van der Waals surface area contributed by atoms with Crippen LogP contribution in [0.4, 0.5) is 5.69 Å². The molecule has 154 valence electrons. The number of halogens is 2. The maximum absolute atomic E-state index is 12.4. The zero-order valence-corrected chi connectivity index (χ0v) is 17.7. The number of carbonyl (C=O) groups is 2. The van der Waals surface area contributed by atoms with Gasteiger partial charge in [0.05, 0.1) is 29.8 Å². The Balaban J connectivity index is 1.49. The van der Waals surface area contributed by atoms with Crippen LogP contribution in [-0.2, 0) is 16.1 Å². The molecule has 8 heteroatoms. The normalized spacial score (nSPS) is 13.8. The molecule has 3 rings (SSSR count). The smallest absolute Gasteiger partial charge is 0.251 e. The summed E-state index contributed by atoms with van der Waals surface area (Å²) in [5.41, 5.74) is 2.53. The van der Waals surface area contributed by atoms with Crippen LogP contribution in [0.5, 0.6) is 0 Å². The van der Waals surface area contributed by atoms with Gasteiger partial charge in [-0.15, -0.1) is 0 Å². The third kappa shape index (κ3) is 5.85. The van der Waals surface area contributed by atoms with Crippen molar-refractivity contribution in [3.63, 3.8) is 0 Å². The second-order valence-corrected chi connectivity index (χ2v) is 7.64. The zero-order valence-electron chi connectivity index (χ0n) is 16.2. The first-order chi connectivity index (χ1) is 13.9. The highest BCUT2D eigenvalue weighted by Crippen LogP contribution is 2.22. The molecule has 0 saturated carbocycles. The number of hydrogen-bond acceptors (Lipinski definition) is 4. The van der Waals surface area contributed by atoms with Crippen LogP contribution in [0.3, 0.4) is 0 Å². The lowest BCUT2D eigenvalue weighted by atomic mass is 10.1. The summed E-state index contributed by atoms with van der Waals surface area (Å²) in [5, 5.41) is 3.28. The van der Waals surface area contributed by atoms with Crippen molar-refractivity contribution in [3.05, 3.63) is 63.6 Å². The maximum atomic E-state index is 12.4. The molecule has 1 saturated heterocycles. The third-order valence-electron chi connectivity index (χ3n) is 4.74. The number of rotatable bonds is 6. The lowest BCUT2D eigenvalue weighted by Gasteiger charge is -2.29. The fourth-order valence-electron chi connectivity index (χ4n) is 3.03. The molecule has 0 unspecified atom stereocenters. The largest absolute Gasteiger partial charge is 0.378 e. The van der Waals surface area contributed by atoms with E-state index >= 15 is 0 Å². The molecule has 29 heavy (non-hydrogen) atoms. The average Bonchev–Trinajstić information content (AvgIpc) is 2.74. The zero-order chi connectivity index (χ0) is 20.8. The number of benzene rings is 2. The van der Waals surface area contributed by atoms with Crippen LogP contribution in [0.2, 0.25) is 10.0 Å². The molecular formula is C21H23Cl2N3O3. The molecule has 1 N–H and O–H groups in total. The molecule has 6 nitrogen and oxygen atoms in total. The number of nitrogens with zero attached hydrogens (tertiary/aromatic N) is 2. The lowest BCUT2D eigenvalue weighted by molar-refractivity contribution is -0.129. The van der Waals surface area contributed by atoms with Crippen molar-refractivity contribution < 1.29 is 14.3 Å². The van der Waals surface area contributed by atoms with Gasteiger partial charge >= 0.3 is 0 Å². The molecular weight excluding hydrogens is 413 g/mol. The van der Waals surface area contributed by atoms with Gasteiger partial charge in [-0.3, -0.25) is 9.59 Å². The van der Waals surface area contributed by atoms with Crippen LogP contribution < -0.4 is 10.2 Å². The highest BCUT2D eigenvalue weighted by molar-refractivity contribution is 6.42. The minimum Gasteiger partial charge on any atom is -0.378 e. The van der Waals surface area contributed by atoms with Crippen LogP contribution in [0.25, 0.3) is 0 Å². The van der Waals surface area contributed by atoms with Crippen LogP contribution in [0.1, 0.15) is 15.9 Å². The summed E-state index contributed by atoms with van der Waals surface area (Å²) in [5.74, 6) is -0.559. The van der Waals surface area contributed by atoms with E-state index in [1.807, 2.05) is 12.1 Å². The van der Waals surface area contributed by atoms with Crippen LogP contribution >= 0.6 is 23.2 Å². The second kappa shape index (κ2) is 9.96. The average molecular weight is 436 g/mol. The van der Waals surface area contributed by atoms with E-state index in [0.717, 1.165) is 37.6 Å². The summed E-state index contributed by atoms with van der Waals surface area (Å²) in [6.07, 6.45) is 0. The van der Waals surface area contributed by atoms with E-state index in [-0.39, 0.29) is 18.4 Å². The van der Waals surface area contributed by atoms with Gasteiger partial charge < -0.3 is 19.9 Å². The van der Waals surface area contributed by atoms with Gasteiger partial charge in [0, 0.05) is 37.9 Å². The van der Waals surface area contributed by atoms with Crippen molar-refractivity contribution >= 4 is 40.7 Å². The standard InChI is InChI=1S/C21H23Cl2N3O3/c1-25(14-15-2-5-17(6-3-15)26-8-10-29-11-9-26)20(27)13-24-21(28)16-4-7-18(22)19(23)12-16/h2-7,12H,8-11,13-14H2,1H3,(H,24,28). The van der Waals surface area contributed by atoms with Gasteiger partial charge in [-0.05, 0) is 35.9 Å². The van der Waals surface area contributed by atoms with Crippen LogP contribution in [0.15, 0.2) is 42.5 Å². The summed E-state index contributed by atoms with van der Waals surface area (Å²) in [4.78, 5) is 28.4. The lowest BCUT2D eigenvalue weighted by Crippen LogP contribution is -2.38. The first kappa shape index (κ1) is 21.4. The second-order valence-electron chi connectivity index (χ2n) is 6.83. The van der Waals surface area contributed by atoms with Crippen molar-refractivity contribution in [2.24, 2.45) is 0 Å². The summed E-state index contributed by atoms with van der Waals surface area (Å²) < 4.78 is 5.37. The number of ether oxygens (including phenoxy) is 1. The molecule has 1 aliphatic heterocycles.